The van der Waals surface area contributed by atoms with Gasteiger partial charge in [0.05, 0.1) is 18.9 Å². The molecule has 0 unspecified atom stereocenters. The van der Waals surface area contributed by atoms with Crippen LogP contribution in [0.15, 0.2) is 67.3 Å². The third-order valence-electron chi connectivity index (χ3n) is 4.13. The van der Waals surface area contributed by atoms with Gasteiger partial charge >= 0.3 is 0 Å². The Morgan fingerprint density at radius 2 is 1.96 bits per heavy atom. The van der Waals surface area contributed by atoms with Gasteiger partial charge in [-0.1, -0.05) is 30.3 Å². The van der Waals surface area contributed by atoms with E-state index in [0.717, 1.165) is 16.5 Å². The number of pyridine rings is 2. The highest BCUT2D eigenvalue weighted by atomic mass is 16.5. The molecule has 4 aromatic rings. The van der Waals surface area contributed by atoms with E-state index in [-0.39, 0.29) is 5.91 Å². The van der Waals surface area contributed by atoms with Gasteiger partial charge in [-0.2, -0.15) is 0 Å². The van der Waals surface area contributed by atoms with Crippen molar-refractivity contribution in [3.63, 3.8) is 0 Å². The molecule has 0 saturated carbocycles. The van der Waals surface area contributed by atoms with Crippen LogP contribution in [0.25, 0.3) is 22.2 Å². The summed E-state index contributed by atoms with van der Waals surface area (Å²) in [6.45, 7) is 0. The second kappa shape index (κ2) is 6.68. The minimum atomic E-state index is -0.255. The van der Waals surface area contributed by atoms with Crippen molar-refractivity contribution in [2.45, 2.75) is 0 Å². The maximum atomic E-state index is 12.8. The zero-order valence-corrected chi connectivity index (χ0v) is 14.1. The van der Waals surface area contributed by atoms with E-state index in [2.05, 4.69) is 20.3 Å². The number of hydrogen-bond acceptors (Lipinski definition) is 4. The van der Waals surface area contributed by atoms with Crippen molar-refractivity contribution in [1.82, 2.24) is 15.0 Å². The molecule has 3 aromatic heterocycles. The minimum absolute atomic E-state index is 0.255. The molecule has 1 aromatic carbocycles. The first-order valence-corrected chi connectivity index (χ1v) is 8.08. The van der Waals surface area contributed by atoms with Crippen molar-refractivity contribution >= 4 is 22.6 Å². The number of amides is 1. The molecule has 0 saturated heterocycles. The SMILES string of the molecule is COc1ccncc1NC(=O)c1c[nH]c2ncc(-c3ccccc3)cc12. The van der Waals surface area contributed by atoms with E-state index in [4.69, 9.17) is 4.74 Å². The van der Waals surface area contributed by atoms with Crippen LogP contribution < -0.4 is 10.1 Å². The lowest BCUT2D eigenvalue weighted by atomic mass is 10.1. The zero-order chi connectivity index (χ0) is 17.9. The highest BCUT2D eigenvalue weighted by molar-refractivity contribution is 6.13. The maximum absolute atomic E-state index is 12.8. The van der Waals surface area contributed by atoms with Gasteiger partial charge < -0.3 is 15.0 Å². The molecule has 1 amide bonds. The van der Waals surface area contributed by atoms with Gasteiger partial charge in [0.1, 0.15) is 17.1 Å². The van der Waals surface area contributed by atoms with Crippen LogP contribution in [-0.4, -0.2) is 28.0 Å². The van der Waals surface area contributed by atoms with Crippen molar-refractivity contribution in [3.8, 4) is 16.9 Å². The lowest BCUT2D eigenvalue weighted by Crippen LogP contribution is -2.12. The van der Waals surface area contributed by atoms with Crippen LogP contribution in [0.3, 0.4) is 0 Å². The van der Waals surface area contributed by atoms with Gasteiger partial charge in [0.25, 0.3) is 5.91 Å². The van der Waals surface area contributed by atoms with Gasteiger partial charge in [0, 0.05) is 35.6 Å². The number of fused-ring (bicyclic) bond motifs is 1. The van der Waals surface area contributed by atoms with Crippen LogP contribution in [-0.2, 0) is 0 Å². The Labute approximate surface area is 149 Å². The second-order valence-electron chi connectivity index (χ2n) is 5.72. The molecule has 0 bridgehead atoms. The van der Waals surface area contributed by atoms with E-state index in [9.17, 15) is 4.79 Å². The van der Waals surface area contributed by atoms with Gasteiger partial charge in [-0.3, -0.25) is 9.78 Å². The number of carbonyl (C=O) groups is 1. The number of aromatic amines is 1. The number of methoxy groups -OCH3 is 1. The molecular weight excluding hydrogens is 328 g/mol. The molecule has 0 radical (unpaired) electrons. The molecule has 0 aliphatic heterocycles. The third kappa shape index (κ3) is 2.88. The van der Waals surface area contributed by atoms with Gasteiger partial charge in [-0.25, -0.2) is 4.98 Å². The largest absolute Gasteiger partial charge is 0.494 e. The first-order valence-electron chi connectivity index (χ1n) is 8.08. The molecular formula is C20H16N4O2. The standard InChI is InChI=1S/C20H16N4O2/c1-26-18-7-8-21-12-17(18)24-20(25)16-11-23-19-15(16)9-14(10-22-19)13-5-3-2-4-6-13/h2-12H,1H3,(H,22,23)(H,24,25). The molecule has 3 heterocycles. The number of rotatable bonds is 4. The minimum Gasteiger partial charge on any atom is -0.494 e. The molecule has 6 nitrogen and oxygen atoms in total. The van der Waals surface area contributed by atoms with E-state index >= 15 is 0 Å². The summed E-state index contributed by atoms with van der Waals surface area (Å²) < 4.78 is 5.25. The molecule has 4 rings (SSSR count). The summed E-state index contributed by atoms with van der Waals surface area (Å²) in [5.74, 6) is 0.297. The van der Waals surface area contributed by atoms with Gasteiger partial charge in [-0.15, -0.1) is 0 Å². The summed E-state index contributed by atoms with van der Waals surface area (Å²) in [5, 5.41) is 3.60. The number of nitrogens with zero attached hydrogens (tertiary/aromatic N) is 2. The van der Waals surface area contributed by atoms with Crippen LogP contribution in [0.5, 0.6) is 5.75 Å². The quantitative estimate of drug-likeness (QED) is 0.589. The van der Waals surface area contributed by atoms with Gasteiger partial charge in [-0.05, 0) is 11.6 Å². The third-order valence-corrected chi connectivity index (χ3v) is 4.13. The summed E-state index contributed by atoms with van der Waals surface area (Å²) in [4.78, 5) is 24.3. The molecule has 0 aliphatic carbocycles. The molecule has 0 atom stereocenters. The Kier molecular flexibility index (Phi) is 4.07. The number of nitrogens with one attached hydrogen (secondary N) is 2. The Bertz CT molecular complexity index is 1070. The Morgan fingerprint density at radius 1 is 1.12 bits per heavy atom. The Morgan fingerprint density at radius 3 is 2.77 bits per heavy atom. The van der Waals surface area contributed by atoms with Crippen LogP contribution >= 0.6 is 0 Å². The van der Waals surface area contributed by atoms with E-state index in [1.54, 1.807) is 38.0 Å². The first-order chi connectivity index (χ1) is 12.8. The molecule has 0 spiro atoms. The van der Waals surface area contributed by atoms with E-state index in [0.29, 0.717) is 22.6 Å². The van der Waals surface area contributed by atoms with Gasteiger partial charge in [0.15, 0.2) is 0 Å². The van der Waals surface area contributed by atoms with Crippen LogP contribution in [0.2, 0.25) is 0 Å². The smallest absolute Gasteiger partial charge is 0.258 e. The van der Waals surface area contributed by atoms with Crippen molar-refractivity contribution in [2.75, 3.05) is 12.4 Å². The topological polar surface area (TPSA) is 79.9 Å². The van der Waals surface area contributed by atoms with Crippen molar-refractivity contribution < 1.29 is 9.53 Å². The predicted octanol–water partition coefficient (Wildman–Crippen LogP) is 3.89. The summed E-state index contributed by atoms with van der Waals surface area (Å²) in [5.41, 5.74) is 3.68. The maximum Gasteiger partial charge on any atom is 0.258 e. The normalized spacial score (nSPS) is 10.7. The monoisotopic (exact) mass is 344 g/mol. The number of hydrogen-bond donors (Lipinski definition) is 2. The predicted molar refractivity (Wildman–Crippen MR) is 100 cm³/mol. The molecule has 128 valence electrons. The molecule has 0 aliphatic rings. The first kappa shape index (κ1) is 15.8. The summed E-state index contributed by atoms with van der Waals surface area (Å²) in [6, 6.07) is 13.6. The Balaban J connectivity index is 1.71. The fourth-order valence-electron chi connectivity index (χ4n) is 2.82. The highest BCUT2D eigenvalue weighted by Crippen LogP contribution is 2.27. The van der Waals surface area contributed by atoms with Crippen molar-refractivity contribution in [3.05, 3.63) is 72.8 Å². The fraction of sp³-hybridized carbons (Fsp3) is 0.0500. The Hall–Kier alpha value is -3.67. The summed E-state index contributed by atoms with van der Waals surface area (Å²) in [7, 11) is 1.55. The number of benzene rings is 1. The van der Waals surface area contributed by atoms with Crippen LogP contribution in [0.4, 0.5) is 5.69 Å². The van der Waals surface area contributed by atoms with Crippen LogP contribution in [0.1, 0.15) is 10.4 Å². The van der Waals surface area contributed by atoms with E-state index in [1.807, 2.05) is 36.4 Å². The fourth-order valence-corrected chi connectivity index (χ4v) is 2.82. The second-order valence-corrected chi connectivity index (χ2v) is 5.72. The highest BCUT2D eigenvalue weighted by Gasteiger charge is 2.15. The number of ether oxygens (including phenoxy) is 1. The molecule has 2 N–H and O–H groups in total. The van der Waals surface area contributed by atoms with Crippen molar-refractivity contribution in [1.29, 1.82) is 0 Å². The summed E-state index contributed by atoms with van der Waals surface area (Å²) >= 11 is 0. The number of H-pyrrole nitrogens is 1. The average molecular weight is 344 g/mol. The van der Waals surface area contributed by atoms with Crippen molar-refractivity contribution in [2.24, 2.45) is 0 Å². The molecule has 0 fully saturated rings. The lowest BCUT2D eigenvalue weighted by Gasteiger charge is -2.09. The van der Waals surface area contributed by atoms with Gasteiger partial charge in [0.2, 0.25) is 0 Å². The van der Waals surface area contributed by atoms with E-state index < -0.39 is 0 Å². The number of carbonyl (C=O) groups excluding carboxylic acids is 1. The van der Waals surface area contributed by atoms with Crippen LogP contribution in [0, 0.1) is 0 Å². The average Bonchev–Trinajstić information content (AvgIpc) is 3.12. The lowest BCUT2D eigenvalue weighted by molar-refractivity contribution is 0.102. The summed E-state index contributed by atoms with van der Waals surface area (Å²) in [6.07, 6.45) is 6.61. The van der Waals surface area contributed by atoms with E-state index in [1.165, 1.54) is 0 Å². The molecule has 26 heavy (non-hydrogen) atoms. The number of anilines is 1. The zero-order valence-electron chi connectivity index (χ0n) is 14.1. The number of aromatic nitrogens is 3. The molecule has 6 heteroatoms.